The summed E-state index contributed by atoms with van der Waals surface area (Å²) < 4.78 is 21.2. The van der Waals surface area contributed by atoms with E-state index >= 15 is 0 Å². The smallest absolute Gasteiger partial charge is 1.00 e. The third kappa shape index (κ3) is 12.6. The molecule has 0 unspecified atom stereocenters. The van der Waals surface area contributed by atoms with Gasteiger partial charge in [-0.2, -0.15) is 0 Å². The van der Waals surface area contributed by atoms with Gasteiger partial charge in [0.25, 0.3) is 5.08 Å². The van der Waals surface area contributed by atoms with Crippen LogP contribution in [0.5, 0.6) is 0 Å². The summed E-state index contributed by atoms with van der Waals surface area (Å²) in [6, 6.07) is 0. The summed E-state index contributed by atoms with van der Waals surface area (Å²) in [5.74, 6) is 0. The average molecular weight is 373 g/mol. The maximum Gasteiger partial charge on any atom is 1.00 e. The molecule has 0 aromatic carbocycles. The Morgan fingerprint density at radius 1 is 0.850 bits per heavy atom. The number of hydrogen-bond donors (Lipinski definition) is 6. The first kappa shape index (κ1) is 49.5. The van der Waals surface area contributed by atoms with Crippen LogP contribution in [0.2, 0.25) is 0 Å². The van der Waals surface area contributed by atoms with E-state index in [-0.39, 0.29) is 89.3 Å². The Morgan fingerprint density at radius 2 is 1.05 bits per heavy atom. The van der Waals surface area contributed by atoms with Gasteiger partial charge in [-0.15, -0.1) is 0 Å². The maximum atomic E-state index is 10.6. The van der Waals surface area contributed by atoms with Crippen LogP contribution < -0.4 is 64.8 Å². The zero-order valence-corrected chi connectivity index (χ0v) is 16.7. The van der Waals surface area contributed by atoms with Crippen LogP contribution in [0, 0.1) is 0 Å². The summed E-state index contributed by atoms with van der Waals surface area (Å²) in [6.07, 6.45) is -0.873. The van der Waals surface area contributed by atoms with Crippen LogP contribution in [-0.2, 0) is 9.13 Å². The molecule has 0 saturated carbocycles. The van der Waals surface area contributed by atoms with E-state index in [1.807, 2.05) is 0 Å². The molecule has 0 atom stereocenters. The fourth-order valence-electron chi connectivity index (χ4n) is 0.655. The van der Waals surface area contributed by atoms with Gasteiger partial charge >= 0.3 is 74.3 Å². The van der Waals surface area contributed by atoms with Gasteiger partial charge in [0.15, 0.2) is 0 Å². The Morgan fingerprint density at radius 3 is 1.10 bits per heavy atom. The minimum Gasteiger partial charge on any atom is -1.00 e. The Labute approximate surface area is 161 Å². The van der Waals surface area contributed by atoms with Gasteiger partial charge in [0.1, 0.15) is 0 Å². The van der Waals surface area contributed by atoms with Gasteiger partial charge in [0, 0.05) is 6.42 Å². The van der Waals surface area contributed by atoms with Crippen molar-refractivity contribution in [3.8, 4) is 0 Å². The maximum absolute atomic E-state index is 10.6. The van der Waals surface area contributed by atoms with Crippen LogP contribution in [0.25, 0.3) is 0 Å². The van der Waals surface area contributed by atoms with Gasteiger partial charge < -0.3 is 60.6 Å². The molecule has 0 heterocycles. The van der Waals surface area contributed by atoms with Crippen molar-refractivity contribution >= 4 is 15.2 Å². The van der Waals surface area contributed by atoms with E-state index in [4.69, 9.17) is 30.4 Å². The van der Waals surface area contributed by atoms with Crippen LogP contribution in [0.4, 0.5) is 0 Å². The topological polar surface area (TPSA) is 319 Å². The minimum atomic E-state index is -5.31. The van der Waals surface area contributed by atoms with Gasteiger partial charge in [-0.1, -0.05) is 0 Å². The first-order chi connectivity index (χ1) is 5.56. The van der Waals surface area contributed by atoms with E-state index in [9.17, 15) is 9.13 Å². The summed E-state index contributed by atoms with van der Waals surface area (Å²) in [5, 5.41) is 5.71. The van der Waals surface area contributed by atoms with E-state index < -0.39 is 33.2 Å². The molecule has 0 aromatic rings. The third-order valence-electron chi connectivity index (χ3n) is 1.41. The largest absolute Gasteiger partial charge is 1.00 e. The number of nitrogens with two attached hydrogens (primary N) is 1. The fourth-order valence-corrected chi connectivity index (χ4v) is 2.85. The Balaban J connectivity index is -0.0000000200. The van der Waals surface area contributed by atoms with Gasteiger partial charge in [-0.05, 0) is 6.54 Å². The molecule has 17 heteroatoms. The van der Waals surface area contributed by atoms with Crippen molar-refractivity contribution < 1.29 is 123 Å². The molecule has 0 aliphatic rings. The van der Waals surface area contributed by atoms with Crippen LogP contribution >= 0.6 is 15.2 Å². The molecule has 0 aliphatic heterocycles. The first-order valence-electron chi connectivity index (χ1n) is 3.10. The summed E-state index contributed by atoms with van der Waals surface area (Å²) in [6.45, 7) is -0.452. The van der Waals surface area contributed by atoms with E-state index in [1.165, 1.54) is 0 Å². The summed E-state index contributed by atoms with van der Waals surface area (Å²) >= 11 is 0. The molecule has 0 aromatic heterocycles. The molecule has 13 nitrogen and oxygen atoms in total. The molecule has 20 heavy (non-hydrogen) atoms. The van der Waals surface area contributed by atoms with Crippen molar-refractivity contribution in [1.29, 1.82) is 0 Å². The molecular weight excluding hydrogens is 350 g/mol. The molecule has 0 spiro atoms. The Bertz CT molecular complexity index is 266. The standard InChI is InChI=1S/C3H11NO7P2.2Na.5H2O.2H/c4-2-1-3(5,12(6,7)8)13(9,10)11;;;;;;;;;/h5H,1-2,4H2,(H2,6,7,8)(H2,9,10,11);;;5*1H2;;/q;2*+1;;;;;;2*-1. The second-order valence-corrected chi connectivity index (χ2v) is 6.41. The van der Waals surface area contributed by atoms with Crippen LogP contribution in [0.1, 0.15) is 9.27 Å². The third-order valence-corrected chi connectivity index (χ3v) is 5.29. The molecule has 124 valence electrons. The molecule has 0 rings (SSSR count). The SMILES string of the molecule is NCCC(O)(P(=O)(O)O)P(=O)(O)O.O.O.O.O.O.[H-].[H-].[Na+].[Na+]. The fraction of sp³-hybridized carbons (Fsp3) is 1.00. The van der Waals surface area contributed by atoms with E-state index in [0.29, 0.717) is 0 Å². The second-order valence-electron chi connectivity index (χ2n) is 2.40. The molecule has 0 amide bonds. The minimum absolute atomic E-state index is 0. The van der Waals surface area contributed by atoms with Gasteiger partial charge in [-0.3, -0.25) is 9.13 Å². The summed E-state index contributed by atoms with van der Waals surface area (Å²) in [5.41, 5.74) is 4.86. The predicted octanol–water partition coefficient (Wildman–Crippen LogP) is -11.6. The summed E-state index contributed by atoms with van der Waals surface area (Å²) in [4.78, 5) is 34.1. The van der Waals surface area contributed by atoms with Crippen LogP contribution in [-0.4, -0.2) is 63.7 Å². The van der Waals surface area contributed by atoms with E-state index in [0.717, 1.165) is 0 Å². The van der Waals surface area contributed by atoms with Crippen LogP contribution in [0.15, 0.2) is 0 Å². The zero-order valence-electron chi connectivity index (χ0n) is 12.9. The van der Waals surface area contributed by atoms with Gasteiger partial charge in [0.2, 0.25) is 0 Å². The van der Waals surface area contributed by atoms with Crippen molar-refractivity contribution in [2.75, 3.05) is 6.54 Å². The Kier molecular flexibility index (Phi) is 43.0. The van der Waals surface area contributed by atoms with Crippen molar-refractivity contribution in [3.63, 3.8) is 0 Å². The van der Waals surface area contributed by atoms with Gasteiger partial charge in [-0.25, -0.2) is 0 Å². The van der Waals surface area contributed by atoms with E-state index in [1.54, 1.807) is 0 Å². The molecular formula is C3H23NNa2O12P2. The second kappa shape index (κ2) is 17.4. The number of rotatable bonds is 4. The molecule has 0 fully saturated rings. The first-order valence-corrected chi connectivity index (χ1v) is 6.32. The molecule has 0 radical (unpaired) electrons. The van der Waals surface area contributed by atoms with Crippen molar-refractivity contribution in [2.45, 2.75) is 11.5 Å². The van der Waals surface area contributed by atoms with Crippen molar-refractivity contribution in [1.82, 2.24) is 0 Å². The zero-order chi connectivity index (χ0) is 10.9. The summed E-state index contributed by atoms with van der Waals surface area (Å²) in [7, 11) is -10.6. The predicted molar refractivity (Wildman–Crippen MR) is 63.0 cm³/mol. The normalized spacial score (nSPS) is 9.50. The number of hydrogen-bond acceptors (Lipinski definition) is 4. The number of aliphatic hydroxyl groups is 1. The average Bonchev–Trinajstić information content (AvgIpc) is 1.82. The van der Waals surface area contributed by atoms with Crippen molar-refractivity contribution in [3.05, 3.63) is 0 Å². The van der Waals surface area contributed by atoms with E-state index in [2.05, 4.69) is 0 Å². The molecule has 0 bridgehead atoms. The molecule has 0 aliphatic carbocycles. The van der Waals surface area contributed by atoms with Crippen molar-refractivity contribution in [2.24, 2.45) is 5.73 Å². The monoisotopic (exact) mass is 373 g/mol. The van der Waals surface area contributed by atoms with Crippen LogP contribution in [0.3, 0.4) is 0 Å². The molecule has 17 N–H and O–H groups in total. The van der Waals surface area contributed by atoms with Gasteiger partial charge in [0.05, 0.1) is 0 Å². The molecule has 0 saturated heterocycles. The quantitative estimate of drug-likeness (QED) is 0.202. The Hall–Kier alpha value is 2.02.